The molecule has 1 heterocycles. The standard InChI is InChI=1S/C18H25NS2/c1-2-19-17(13-21-15-8-4-3-5-9-15)16-10-6-7-14-11-12-20-18(14)16/h6-7,10-12,15,17,19H,2-5,8-9,13H2,1H3. The lowest BCUT2D eigenvalue weighted by Gasteiger charge is -2.25. The highest BCUT2D eigenvalue weighted by atomic mass is 32.2. The third-order valence-corrected chi connectivity index (χ3v) is 6.83. The van der Waals surface area contributed by atoms with E-state index in [0.717, 1.165) is 11.8 Å². The van der Waals surface area contributed by atoms with E-state index in [-0.39, 0.29) is 0 Å². The summed E-state index contributed by atoms with van der Waals surface area (Å²) in [5.41, 5.74) is 1.49. The van der Waals surface area contributed by atoms with E-state index in [1.165, 1.54) is 53.5 Å². The Kier molecular flexibility index (Phi) is 5.61. The first-order valence-corrected chi connectivity index (χ1v) is 10.1. The number of hydrogen-bond donors (Lipinski definition) is 1. The lowest BCUT2D eigenvalue weighted by Crippen LogP contribution is -2.24. The van der Waals surface area contributed by atoms with Crippen molar-refractivity contribution in [2.75, 3.05) is 12.3 Å². The minimum absolute atomic E-state index is 0.490. The Morgan fingerprint density at radius 3 is 2.90 bits per heavy atom. The van der Waals surface area contributed by atoms with E-state index in [1.54, 1.807) is 0 Å². The number of thioether (sulfide) groups is 1. The molecule has 1 nitrogen and oxygen atoms in total. The van der Waals surface area contributed by atoms with Gasteiger partial charge in [-0.25, -0.2) is 0 Å². The fourth-order valence-electron chi connectivity index (χ4n) is 3.26. The summed E-state index contributed by atoms with van der Waals surface area (Å²) >= 11 is 4.07. The van der Waals surface area contributed by atoms with Crippen molar-refractivity contribution in [2.24, 2.45) is 0 Å². The molecular weight excluding hydrogens is 294 g/mol. The molecular formula is C18H25NS2. The zero-order valence-electron chi connectivity index (χ0n) is 12.8. The fourth-order valence-corrected chi connectivity index (χ4v) is 5.66. The second-order valence-electron chi connectivity index (χ2n) is 5.89. The van der Waals surface area contributed by atoms with Gasteiger partial charge < -0.3 is 5.32 Å². The molecule has 21 heavy (non-hydrogen) atoms. The zero-order valence-corrected chi connectivity index (χ0v) is 14.4. The zero-order chi connectivity index (χ0) is 14.5. The molecule has 1 aromatic heterocycles. The summed E-state index contributed by atoms with van der Waals surface area (Å²) in [6.07, 6.45) is 7.16. The van der Waals surface area contributed by atoms with Gasteiger partial charge in [-0.05, 0) is 41.8 Å². The predicted molar refractivity (Wildman–Crippen MR) is 97.6 cm³/mol. The van der Waals surface area contributed by atoms with Crippen molar-refractivity contribution in [3.05, 3.63) is 35.2 Å². The molecule has 1 aliphatic carbocycles. The summed E-state index contributed by atoms with van der Waals surface area (Å²) in [6.45, 7) is 3.25. The molecule has 0 spiro atoms. The summed E-state index contributed by atoms with van der Waals surface area (Å²) < 4.78 is 1.47. The number of fused-ring (bicyclic) bond motifs is 1. The van der Waals surface area contributed by atoms with Crippen molar-refractivity contribution in [1.29, 1.82) is 0 Å². The quantitative estimate of drug-likeness (QED) is 0.742. The number of rotatable bonds is 6. The Morgan fingerprint density at radius 1 is 1.24 bits per heavy atom. The van der Waals surface area contributed by atoms with E-state index < -0.39 is 0 Å². The first-order chi connectivity index (χ1) is 10.4. The Bertz CT molecular complexity index is 557. The molecule has 2 aromatic rings. The summed E-state index contributed by atoms with van der Waals surface area (Å²) in [5, 5.41) is 8.20. The van der Waals surface area contributed by atoms with Crippen LogP contribution in [0, 0.1) is 0 Å². The maximum atomic E-state index is 3.71. The second-order valence-corrected chi connectivity index (χ2v) is 8.14. The van der Waals surface area contributed by atoms with Gasteiger partial charge in [0.2, 0.25) is 0 Å². The Hall–Kier alpha value is -0.510. The monoisotopic (exact) mass is 319 g/mol. The minimum Gasteiger partial charge on any atom is -0.309 e. The van der Waals surface area contributed by atoms with Crippen molar-refractivity contribution in [1.82, 2.24) is 5.32 Å². The third kappa shape index (κ3) is 3.82. The van der Waals surface area contributed by atoms with Crippen LogP contribution in [-0.4, -0.2) is 17.5 Å². The van der Waals surface area contributed by atoms with E-state index in [9.17, 15) is 0 Å². The van der Waals surface area contributed by atoms with Crippen molar-refractivity contribution < 1.29 is 0 Å². The van der Waals surface area contributed by atoms with Crippen LogP contribution < -0.4 is 5.32 Å². The molecule has 0 saturated heterocycles. The number of thiophene rings is 1. The Morgan fingerprint density at radius 2 is 2.10 bits per heavy atom. The van der Waals surface area contributed by atoms with Gasteiger partial charge >= 0.3 is 0 Å². The molecule has 1 aromatic carbocycles. The Balaban J connectivity index is 1.72. The van der Waals surface area contributed by atoms with Gasteiger partial charge in [-0.15, -0.1) is 11.3 Å². The van der Waals surface area contributed by atoms with Crippen LogP contribution in [-0.2, 0) is 0 Å². The highest BCUT2D eigenvalue weighted by molar-refractivity contribution is 7.99. The number of hydrogen-bond acceptors (Lipinski definition) is 3. The maximum absolute atomic E-state index is 3.71. The van der Waals surface area contributed by atoms with Gasteiger partial charge in [0.15, 0.2) is 0 Å². The molecule has 0 aliphatic heterocycles. The molecule has 3 rings (SSSR count). The average molecular weight is 320 g/mol. The summed E-state index contributed by atoms with van der Waals surface area (Å²) in [4.78, 5) is 0. The molecule has 1 aliphatic rings. The van der Waals surface area contributed by atoms with Crippen LogP contribution in [0.3, 0.4) is 0 Å². The molecule has 0 radical (unpaired) electrons. The summed E-state index contributed by atoms with van der Waals surface area (Å²) in [7, 11) is 0. The van der Waals surface area contributed by atoms with Crippen molar-refractivity contribution in [3.8, 4) is 0 Å². The van der Waals surface area contributed by atoms with Crippen LogP contribution in [0.5, 0.6) is 0 Å². The van der Waals surface area contributed by atoms with Crippen LogP contribution in [0.2, 0.25) is 0 Å². The van der Waals surface area contributed by atoms with E-state index in [1.807, 2.05) is 11.3 Å². The van der Waals surface area contributed by atoms with Crippen molar-refractivity contribution in [2.45, 2.75) is 50.3 Å². The molecule has 1 unspecified atom stereocenters. The van der Waals surface area contributed by atoms with Crippen LogP contribution in [0.25, 0.3) is 10.1 Å². The van der Waals surface area contributed by atoms with Gasteiger partial charge in [0.05, 0.1) is 0 Å². The van der Waals surface area contributed by atoms with Gasteiger partial charge in [-0.1, -0.05) is 44.4 Å². The second kappa shape index (κ2) is 7.66. The topological polar surface area (TPSA) is 12.0 Å². The lowest BCUT2D eigenvalue weighted by molar-refractivity contribution is 0.514. The molecule has 1 atom stereocenters. The van der Waals surface area contributed by atoms with Crippen LogP contribution in [0.15, 0.2) is 29.6 Å². The van der Waals surface area contributed by atoms with Crippen LogP contribution in [0.4, 0.5) is 0 Å². The molecule has 1 fully saturated rings. The third-order valence-electron chi connectivity index (χ3n) is 4.39. The average Bonchev–Trinajstić information content (AvgIpc) is 3.01. The highest BCUT2D eigenvalue weighted by Gasteiger charge is 2.19. The maximum Gasteiger partial charge on any atom is 0.0426 e. The minimum atomic E-state index is 0.490. The van der Waals surface area contributed by atoms with Crippen LogP contribution >= 0.6 is 23.1 Å². The molecule has 0 amide bonds. The van der Waals surface area contributed by atoms with E-state index >= 15 is 0 Å². The number of nitrogens with one attached hydrogen (secondary N) is 1. The van der Waals surface area contributed by atoms with Crippen molar-refractivity contribution >= 4 is 33.2 Å². The molecule has 1 saturated carbocycles. The van der Waals surface area contributed by atoms with Gasteiger partial charge in [0, 0.05) is 21.7 Å². The largest absolute Gasteiger partial charge is 0.309 e. The highest BCUT2D eigenvalue weighted by Crippen LogP contribution is 2.34. The van der Waals surface area contributed by atoms with Gasteiger partial charge in [-0.3, -0.25) is 0 Å². The van der Waals surface area contributed by atoms with Gasteiger partial charge in [-0.2, -0.15) is 11.8 Å². The Labute approximate surface area is 136 Å². The van der Waals surface area contributed by atoms with Gasteiger partial charge in [0.25, 0.3) is 0 Å². The molecule has 3 heteroatoms. The fraction of sp³-hybridized carbons (Fsp3) is 0.556. The first kappa shape index (κ1) is 15.4. The van der Waals surface area contributed by atoms with Gasteiger partial charge in [0.1, 0.15) is 0 Å². The molecule has 0 bridgehead atoms. The first-order valence-electron chi connectivity index (χ1n) is 8.19. The molecule has 1 N–H and O–H groups in total. The van der Waals surface area contributed by atoms with E-state index in [2.05, 4.69) is 53.6 Å². The smallest absolute Gasteiger partial charge is 0.0426 e. The van der Waals surface area contributed by atoms with E-state index in [4.69, 9.17) is 0 Å². The summed E-state index contributed by atoms with van der Waals surface area (Å²) in [6, 6.07) is 9.48. The summed E-state index contributed by atoms with van der Waals surface area (Å²) in [5.74, 6) is 1.20. The number of benzene rings is 1. The predicted octanol–water partition coefficient (Wildman–Crippen LogP) is 5.62. The normalized spacial score (nSPS) is 18.1. The van der Waals surface area contributed by atoms with E-state index in [0.29, 0.717) is 6.04 Å². The lowest BCUT2D eigenvalue weighted by atomic mass is 10.0. The van der Waals surface area contributed by atoms with Crippen LogP contribution in [0.1, 0.15) is 50.6 Å². The SMILES string of the molecule is CCNC(CSC1CCCCC1)c1cccc2ccsc12. The van der Waals surface area contributed by atoms with Crippen molar-refractivity contribution in [3.63, 3.8) is 0 Å². The molecule has 114 valence electrons.